The van der Waals surface area contributed by atoms with Crippen LogP contribution < -0.4 is 10.2 Å². The van der Waals surface area contributed by atoms with Gasteiger partial charge in [-0.15, -0.1) is 0 Å². The Kier molecular flexibility index (Phi) is 8.03. The number of hydroxylamine groups is 1. The zero-order valence-electron chi connectivity index (χ0n) is 14.3. The molecule has 0 fully saturated rings. The highest BCUT2D eigenvalue weighted by atomic mass is 16.6. The lowest BCUT2D eigenvalue weighted by atomic mass is 9.97. The SMILES string of the molecule is CC(C)(O)C(=O)c1ccc(OCCOC(=O)CCCC(=O)NO)cc1. The summed E-state index contributed by atoms with van der Waals surface area (Å²) in [6, 6.07) is 6.28. The number of aliphatic hydroxyl groups is 1. The summed E-state index contributed by atoms with van der Waals surface area (Å²) in [5.74, 6) is -0.895. The smallest absolute Gasteiger partial charge is 0.305 e. The van der Waals surface area contributed by atoms with Gasteiger partial charge in [0.2, 0.25) is 5.91 Å². The molecule has 8 nitrogen and oxygen atoms in total. The largest absolute Gasteiger partial charge is 0.490 e. The molecule has 0 unspecified atom stereocenters. The van der Waals surface area contributed by atoms with Gasteiger partial charge in [0.25, 0.3) is 0 Å². The third-order valence-corrected chi connectivity index (χ3v) is 3.20. The third-order valence-electron chi connectivity index (χ3n) is 3.20. The highest BCUT2D eigenvalue weighted by Crippen LogP contribution is 2.17. The van der Waals surface area contributed by atoms with E-state index in [0.717, 1.165) is 0 Å². The van der Waals surface area contributed by atoms with Crippen molar-refractivity contribution in [3.05, 3.63) is 29.8 Å². The lowest BCUT2D eigenvalue weighted by molar-refractivity contribution is -0.144. The van der Waals surface area contributed by atoms with Crippen LogP contribution in [0.25, 0.3) is 0 Å². The number of hydrogen-bond acceptors (Lipinski definition) is 7. The molecule has 0 heterocycles. The number of Topliss-reactive ketones (excluding diaryl/α,β-unsaturated/α-hetero) is 1. The molecular weight excluding hydrogens is 330 g/mol. The average Bonchev–Trinajstić information content (AvgIpc) is 2.57. The van der Waals surface area contributed by atoms with E-state index in [9.17, 15) is 19.5 Å². The predicted molar refractivity (Wildman–Crippen MR) is 87.3 cm³/mol. The van der Waals surface area contributed by atoms with Crippen molar-refractivity contribution < 1.29 is 34.2 Å². The molecule has 3 N–H and O–H groups in total. The fraction of sp³-hybridized carbons (Fsp3) is 0.471. The van der Waals surface area contributed by atoms with Crippen LogP contribution >= 0.6 is 0 Å². The molecule has 1 aromatic rings. The Morgan fingerprint density at radius 1 is 1.08 bits per heavy atom. The van der Waals surface area contributed by atoms with Gasteiger partial charge in [0.15, 0.2) is 5.78 Å². The van der Waals surface area contributed by atoms with Crippen LogP contribution in [0.2, 0.25) is 0 Å². The van der Waals surface area contributed by atoms with E-state index in [-0.39, 0.29) is 38.3 Å². The van der Waals surface area contributed by atoms with Gasteiger partial charge in [-0.1, -0.05) is 0 Å². The first-order valence-corrected chi connectivity index (χ1v) is 7.82. The summed E-state index contributed by atoms with van der Waals surface area (Å²) in [6.07, 6.45) is 0.391. The molecule has 0 spiro atoms. The molecule has 1 rings (SSSR count). The van der Waals surface area contributed by atoms with E-state index in [4.69, 9.17) is 14.7 Å². The van der Waals surface area contributed by atoms with Crippen molar-refractivity contribution in [2.45, 2.75) is 38.7 Å². The van der Waals surface area contributed by atoms with Crippen LogP contribution in [-0.2, 0) is 14.3 Å². The van der Waals surface area contributed by atoms with Crippen molar-refractivity contribution in [2.75, 3.05) is 13.2 Å². The van der Waals surface area contributed by atoms with E-state index in [1.54, 1.807) is 24.3 Å². The van der Waals surface area contributed by atoms with Crippen LogP contribution in [0.3, 0.4) is 0 Å². The number of carbonyl (C=O) groups is 3. The molecule has 0 saturated heterocycles. The van der Waals surface area contributed by atoms with E-state index in [1.165, 1.54) is 19.3 Å². The van der Waals surface area contributed by atoms with Crippen molar-refractivity contribution in [3.63, 3.8) is 0 Å². The quantitative estimate of drug-likeness (QED) is 0.190. The standard InChI is InChI=1S/C17H23NO7/c1-17(2,22)16(21)12-6-8-13(9-7-12)24-10-11-25-15(20)5-3-4-14(19)18-23/h6-9,22-23H,3-5,10-11H2,1-2H3,(H,18,19). The molecule has 1 amide bonds. The molecule has 1 aromatic carbocycles. The highest BCUT2D eigenvalue weighted by Gasteiger charge is 2.24. The van der Waals surface area contributed by atoms with E-state index in [2.05, 4.69) is 0 Å². The molecule has 0 aliphatic carbocycles. The summed E-state index contributed by atoms with van der Waals surface area (Å²) in [5.41, 5.74) is 0.419. The van der Waals surface area contributed by atoms with Crippen molar-refractivity contribution in [1.82, 2.24) is 5.48 Å². The predicted octanol–water partition coefficient (Wildman–Crippen LogP) is 1.24. The van der Waals surface area contributed by atoms with Gasteiger partial charge in [-0.2, -0.15) is 0 Å². The van der Waals surface area contributed by atoms with E-state index >= 15 is 0 Å². The van der Waals surface area contributed by atoms with Crippen LogP contribution in [0.1, 0.15) is 43.5 Å². The summed E-state index contributed by atoms with van der Waals surface area (Å²) in [4.78, 5) is 34.0. The van der Waals surface area contributed by atoms with Gasteiger partial charge in [-0.3, -0.25) is 19.6 Å². The Bertz CT molecular complexity index is 590. The first kappa shape index (κ1) is 20.6. The van der Waals surface area contributed by atoms with Gasteiger partial charge in [-0.25, -0.2) is 5.48 Å². The number of ketones is 1. The average molecular weight is 353 g/mol. The molecule has 0 atom stereocenters. The molecule has 0 aliphatic rings. The summed E-state index contributed by atoms with van der Waals surface area (Å²) >= 11 is 0. The molecule has 8 heteroatoms. The summed E-state index contributed by atoms with van der Waals surface area (Å²) in [6.45, 7) is 3.03. The monoisotopic (exact) mass is 353 g/mol. The van der Waals surface area contributed by atoms with Crippen molar-refractivity contribution >= 4 is 17.7 Å². The van der Waals surface area contributed by atoms with Crippen molar-refractivity contribution in [1.29, 1.82) is 0 Å². The fourth-order valence-electron chi connectivity index (χ4n) is 1.89. The normalized spacial score (nSPS) is 10.9. The number of ether oxygens (including phenoxy) is 2. The Labute approximate surface area is 145 Å². The van der Waals surface area contributed by atoms with Gasteiger partial charge < -0.3 is 14.6 Å². The van der Waals surface area contributed by atoms with Crippen molar-refractivity contribution in [3.8, 4) is 5.75 Å². The number of esters is 1. The van der Waals surface area contributed by atoms with Gasteiger partial charge in [0, 0.05) is 18.4 Å². The molecule has 138 valence electrons. The number of nitrogens with one attached hydrogen (secondary N) is 1. The first-order valence-electron chi connectivity index (χ1n) is 7.82. The number of carbonyl (C=O) groups excluding carboxylic acids is 3. The van der Waals surface area contributed by atoms with Gasteiger partial charge in [-0.05, 0) is 44.5 Å². The van der Waals surface area contributed by atoms with Gasteiger partial charge in [0.1, 0.15) is 24.6 Å². The number of benzene rings is 1. The van der Waals surface area contributed by atoms with Gasteiger partial charge >= 0.3 is 5.97 Å². The maximum atomic E-state index is 11.9. The van der Waals surface area contributed by atoms with E-state index in [0.29, 0.717) is 11.3 Å². The fourth-order valence-corrected chi connectivity index (χ4v) is 1.89. The minimum atomic E-state index is -1.44. The Hall–Kier alpha value is -2.45. The van der Waals surface area contributed by atoms with Crippen molar-refractivity contribution in [2.24, 2.45) is 0 Å². The minimum absolute atomic E-state index is 0.0395. The van der Waals surface area contributed by atoms with Crippen LogP contribution in [0.5, 0.6) is 5.75 Å². The van der Waals surface area contributed by atoms with Crippen LogP contribution in [-0.4, -0.2) is 46.8 Å². The van der Waals surface area contributed by atoms with Crippen LogP contribution in [0, 0.1) is 0 Å². The van der Waals surface area contributed by atoms with E-state index < -0.39 is 17.5 Å². The summed E-state index contributed by atoms with van der Waals surface area (Å²) < 4.78 is 10.3. The zero-order chi connectivity index (χ0) is 18.9. The molecule has 0 aromatic heterocycles. The Morgan fingerprint density at radius 2 is 1.72 bits per heavy atom. The summed E-state index contributed by atoms with van der Waals surface area (Å²) in [5, 5.41) is 18.0. The molecule has 25 heavy (non-hydrogen) atoms. The summed E-state index contributed by atoms with van der Waals surface area (Å²) in [7, 11) is 0. The second-order valence-electron chi connectivity index (χ2n) is 5.87. The topological polar surface area (TPSA) is 122 Å². The lowest BCUT2D eigenvalue weighted by Crippen LogP contribution is -2.30. The molecule has 0 radical (unpaired) electrons. The van der Waals surface area contributed by atoms with Crippen LogP contribution in [0.15, 0.2) is 24.3 Å². The second-order valence-corrected chi connectivity index (χ2v) is 5.87. The molecule has 0 saturated carbocycles. The van der Waals surface area contributed by atoms with Crippen LogP contribution in [0.4, 0.5) is 0 Å². The zero-order valence-corrected chi connectivity index (χ0v) is 14.3. The lowest BCUT2D eigenvalue weighted by Gasteiger charge is -2.15. The first-order chi connectivity index (χ1) is 11.7. The Balaban J connectivity index is 2.27. The minimum Gasteiger partial charge on any atom is -0.490 e. The van der Waals surface area contributed by atoms with E-state index in [1.807, 2.05) is 0 Å². The van der Waals surface area contributed by atoms with Gasteiger partial charge in [0.05, 0.1) is 0 Å². The molecule has 0 bridgehead atoms. The second kappa shape index (κ2) is 9.75. The molecular formula is C17H23NO7. The maximum absolute atomic E-state index is 11.9. The number of rotatable bonds is 10. The molecule has 0 aliphatic heterocycles. The Morgan fingerprint density at radius 3 is 2.28 bits per heavy atom. The number of hydrogen-bond donors (Lipinski definition) is 3. The highest BCUT2D eigenvalue weighted by molar-refractivity contribution is 6.01. The maximum Gasteiger partial charge on any atom is 0.305 e. The number of amides is 1. The third kappa shape index (κ3) is 7.77.